The topological polar surface area (TPSA) is 55.1 Å². The zero-order valence-electron chi connectivity index (χ0n) is 10.7. The molecule has 1 aromatic rings. The number of nitrogens with zero attached hydrogens (tertiary/aromatic N) is 2. The molecule has 0 aromatic carbocycles. The first-order valence-electron chi connectivity index (χ1n) is 6.30. The van der Waals surface area contributed by atoms with Crippen molar-refractivity contribution in [3.05, 3.63) is 17.2 Å². The van der Waals surface area contributed by atoms with Crippen LogP contribution in [-0.4, -0.2) is 20.6 Å². The van der Waals surface area contributed by atoms with Crippen LogP contribution in [0.1, 0.15) is 49.2 Å². The molecule has 0 amide bonds. The molecule has 1 N–H and O–H groups in total. The molecule has 0 bridgehead atoms. The first-order valence-corrected chi connectivity index (χ1v) is 6.30. The highest BCUT2D eigenvalue weighted by Gasteiger charge is 2.26. The van der Waals surface area contributed by atoms with Crippen LogP contribution in [-0.2, 0) is 19.4 Å². The molecular weight excluding hydrogens is 216 g/mol. The van der Waals surface area contributed by atoms with E-state index in [-0.39, 0.29) is 5.69 Å². The summed E-state index contributed by atoms with van der Waals surface area (Å²) in [5.41, 5.74) is 1.19. The SMILES string of the molecule is CC(C)Cc1nc(C(=O)O)c2n1CCC(C)C2. The molecular formula is C13H20N2O2. The average Bonchev–Trinajstić information content (AvgIpc) is 2.55. The first-order chi connectivity index (χ1) is 7.99. The van der Waals surface area contributed by atoms with Crippen molar-refractivity contribution >= 4 is 5.97 Å². The largest absolute Gasteiger partial charge is 0.476 e. The van der Waals surface area contributed by atoms with Crippen LogP contribution in [0.5, 0.6) is 0 Å². The molecule has 4 nitrogen and oxygen atoms in total. The Hall–Kier alpha value is -1.32. The standard InChI is InChI=1S/C13H20N2O2/c1-8(2)6-11-14-12(13(16)17)10-7-9(3)4-5-15(10)11/h8-9H,4-7H2,1-3H3,(H,16,17). The lowest BCUT2D eigenvalue weighted by molar-refractivity contribution is 0.0689. The maximum absolute atomic E-state index is 11.2. The molecule has 1 unspecified atom stereocenters. The molecule has 2 heterocycles. The summed E-state index contributed by atoms with van der Waals surface area (Å²) in [4.78, 5) is 15.5. The Morgan fingerprint density at radius 2 is 2.29 bits per heavy atom. The van der Waals surface area contributed by atoms with Gasteiger partial charge in [-0.2, -0.15) is 0 Å². The van der Waals surface area contributed by atoms with Gasteiger partial charge in [0.2, 0.25) is 0 Å². The van der Waals surface area contributed by atoms with E-state index in [1.54, 1.807) is 0 Å². The lowest BCUT2D eigenvalue weighted by Crippen LogP contribution is -2.20. The summed E-state index contributed by atoms with van der Waals surface area (Å²) in [5.74, 6) is 1.11. The third kappa shape index (κ3) is 2.35. The molecule has 0 spiro atoms. The van der Waals surface area contributed by atoms with Gasteiger partial charge in [0.25, 0.3) is 0 Å². The van der Waals surface area contributed by atoms with Crippen LogP contribution in [0.15, 0.2) is 0 Å². The Labute approximate surface area is 102 Å². The van der Waals surface area contributed by atoms with Crippen molar-refractivity contribution in [2.45, 2.75) is 46.6 Å². The van der Waals surface area contributed by atoms with Crippen molar-refractivity contribution in [1.29, 1.82) is 0 Å². The van der Waals surface area contributed by atoms with Crippen molar-refractivity contribution in [1.82, 2.24) is 9.55 Å². The van der Waals surface area contributed by atoms with Gasteiger partial charge in [-0.15, -0.1) is 0 Å². The van der Waals surface area contributed by atoms with Gasteiger partial charge < -0.3 is 9.67 Å². The highest BCUT2D eigenvalue weighted by atomic mass is 16.4. The number of aromatic carboxylic acids is 1. The van der Waals surface area contributed by atoms with Crippen LogP contribution in [0.25, 0.3) is 0 Å². The van der Waals surface area contributed by atoms with Gasteiger partial charge in [-0.1, -0.05) is 20.8 Å². The Kier molecular flexibility index (Phi) is 3.22. The van der Waals surface area contributed by atoms with E-state index in [0.717, 1.165) is 37.3 Å². The van der Waals surface area contributed by atoms with E-state index < -0.39 is 5.97 Å². The third-order valence-electron chi connectivity index (χ3n) is 3.33. The summed E-state index contributed by atoms with van der Waals surface area (Å²) < 4.78 is 2.13. The Morgan fingerprint density at radius 1 is 1.59 bits per heavy atom. The molecule has 2 rings (SSSR count). The van der Waals surface area contributed by atoms with E-state index >= 15 is 0 Å². The number of carboxylic acid groups (broad SMARTS) is 1. The molecule has 0 saturated heterocycles. The van der Waals surface area contributed by atoms with Crippen LogP contribution < -0.4 is 0 Å². The predicted octanol–water partition coefficient (Wildman–Crippen LogP) is 2.36. The molecule has 0 radical (unpaired) electrons. The Bertz CT molecular complexity index is 435. The molecule has 0 saturated carbocycles. The van der Waals surface area contributed by atoms with Crippen LogP contribution in [0.2, 0.25) is 0 Å². The van der Waals surface area contributed by atoms with Gasteiger partial charge in [0, 0.05) is 13.0 Å². The zero-order chi connectivity index (χ0) is 12.6. The van der Waals surface area contributed by atoms with Crippen LogP contribution >= 0.6 is 0 Å². The Morgan fingerprint density at radius 3 is 2.88 bits per heavy atom. The van der Waals surface area contributed by atoms with Gasteiger partial charge in [0.1, 0.15) is 5.82 Å². The number of carbonyl (C=O) groups is 1. The molecule has 0 fully saturated rings. The minimum Gasteiger partial charge on any atom is -0.476 e. The number of hydrogen-bond donors (Lipinski definition) is 1. The van der Waals surface area contributed by atoms with Gasteiger partial charge in [-0.3, -0.25) is 0 Å². The molecule has 1 atom stereocenters. The highest BCUT2D eigenvalue weighted by molar-refractivity contribution is 5.87. The smallest absolute Gasteiger partial charge is 0.356 e. The number of aromatic nitrogens is 2. The van der Waals surface area contributed by atoms with E-state index in [9.17, 15) is 9.90 Å². The van der Waals surface area contributed by atoms with Crippen molar-refractivity contribution < 1.29 is 9.90 Å². The van der Waals surface area contributed by atoms with Crippen molar-refractivity contribution in [3.8, 4) is 0 Å². The molecule has 1 aliphatic heterocycles. The third-order valence-corrected chi connectivity index (χ3v) is 3.33. The lowest BCUT2D eigenvalue weighted by atomic mass is 9.97. The van der Waals surface area contributed by atoms with E-state index in [1.165, 1.54) is 0 Å². The van der Waals surface area contributed by atoms with Crippen molar-refractivity contribution in [2.75, 3.05) is 0 Å². The fraction of sp³-hybridized carbons (Fsp3) is 0.692. The summed E-state index contributed by atoms with van der Waals surface area (Å²) in [6, 6.07) is 0. The number of rotatable bonds is 3. The quantitative estimate of drug-likeness (QED) is 0.876. The number of fused-ring (bicyclic) bond motifs is 1. The van der Waals surface area contributed by atoms with Crippen molar-refractivity contribution in [2.24, 2.45) is 11.8 Å². The first kappa shape index (κ1) is 12.1. The maximum atomic E-state index is 11.2. The summed E-state index contributed by atoms with van der Waals surface area (Å²) >= 11 is 0. The molecule has 1 aromatic heterocycles. The minimum absolute atomic E-state index is 0.271. The minimum atomic E-state index is -0.891. The average molecular weight is 236 g/mol. The summed E-state index contributed by atoms with van der Waals surface area (Å²) in [7, 11) is 0. The number of hydrogen-bond acceptors (Lipinski definition) is 2. The van der Waals surface area contributed by atoms with E-state index in [1.807, 2.05) is 0 Å². The second-order valence-corrected chi connectivity index (χ2v) is 5.48. The fourth-order valence-corrected chi connectivity index (χ4v) is 2.48. The van der Waals surface area contributed by atoms with Gasteiger partial charge in [-0.25, -0.2) is 9.78 Å². The van der Waals surface area contributed by atoms with Gasteiger partial charge in [0.05, 0.1) is 5.69 Å². The predicted molar refractivity (Wildman–Crippen MR) is 65.2 cm³/mol. The van der Waals surface area contributed by atoms with Crippen LogP contribution in [0.4, 0.5) is 0 Å². The van der Waals surface area contributed by atoms with E-state index in [2.05, 4.69) is 30.3 Å². The molecule has 94 valence electrons. The summed E-state index contributed by atoms with van der Waals surface area (Å²) in [6.45, 7) is 7.35. The Balaban J connectivity index is 2.42. The maximum Gasteiger partial charge on any atom is 0.356 e. The fourth-order valence-electron chi connectivity index (χ4n) is 2.48. The van der Waals surface area contributed by atoms with Gasteiger partial charge in [0.15, 0.2) is 5.69 Å². The van der Waals surface area contributed by atoms with Crippen LogP contribution in [0.3, 0.4) is 0 Å². The van der Waals surface area contributed by atoms with E-state index in [4.69, 9.17) is 0 Å². The summed E-state index contributed by atoms with van der Waals surface area (Å²) in [5, 5.41) is 9.20. The lowest BCUT2D eigenvalue weighted by Gasteiger charge is -2.22. The molecule has 1 aliphatic rings. The summed E-state index contributed by atoms with van der Waals surface area (Å²) in [6.07, 6.45) is 2.81. The highest BCUT2D eigenvalue weighted by Crippen LogP contribution is 2.25. The van der Waals surface area contributed by atoms with Crippen LogP contribution in [0, 0.1) is 11.8 Å². The number of carboxylic acids is 1. The normalized spacial score (nSPS) is 19.4. The monoisotopic (exact) mass is 236 g/mol. The van der Waals surface area contributed by atoms with E-state index in [0.29, 0.717) is 11.8 Å². The van der Waals surface area contributed by atoms with Crippen molar-refractivity contribution in [3.63, 3.8) is 0 Å². The van der Waals surface area contributed by atoms with Gasteiger partial charge in [-0.05, 0) is 24.7 Å². The van der Waals surface area contributed by atoms with Gasteiger partial charge >= 0.3 is 5.97 Å². The molecule has 4 heteroatoms. The number of imidazole rings is 1. The molecule has 0 aliphatic carbocycles. The molecule has 17 heavy (non-hydrogen) atoms. The second kappa shape index (κ2) is 4.51. The second-order valence-electron chi connectivity index (χ2n) is 5.48. The zero-order valence-corrected chi connectivity index (χ0v) is 10.7.